The molecule has 2 heterocycles. The zero-order valence-corrected chi connectivity index (χ0v) is 18.1. The quantitative estimate of drug-likeness (QED) is 0.421. The lowest BCUT2D eigenvalue weighted by molar-refractivity contribution is 0.0730. The molecule has 5 nitrogen and oxygen atoms in total. The van der Waals surface area contributed by atoms with E-state index >= 15 is 0 Å². The van der Waals surface area contributed by atoms with Gasteiger partial charge in [-0.15, -0.1) is 0 Å². The van der Waals surface area contributed by atoms with Gasteiger partial charge in [0, 0.05) is 11.6 Å². The average molecular weight is 446 g/mol. The lowest BCUT2D eigenvalue weighted by atomic mass is 9.98. The molecule has 1 amide bonds. The summed E-state index contributed by atoms with van der Waals surface area (Å²) in [6.07, 6.45) is 0.627. The fourth-order valence-corrected chi connectivity index (χ4v) is 4.36. The van der Waals surface area contributed by atoms with E-state index in [-0.39, 0.29) is 17.1 Å². The van der Waals surface area contributed by atoms with Crippen molar-refractivity contribution in [3.63, 3.8) is 0 Å². The van der Waals surface area contributed by atoms with Gasteiger partial charge in [-0.2, -0.15) is 0 Å². The van der Waals surface area contributed by atoms with Crippen molar-refractivity contribution in [1.29, 1.82) is 0 Å². The smallest absolute Gasteiger partial charge is 0.290 e. The number of ether oxygens (including phenoxy) is 1. The number of para-hydroxylation sites is 1. The number of methoxy groups -OCH3 is 1. The van der Waals surface area contributed by atoms with Crippen LogP contribution in [0, 0.1) is 0 Å². The Morgan fingerprint density at radius 3 is 2.41 bits per heavy atom. The van der Waals surface area contributed by atoms with Crippen LogP contribution in [0.15, 0.2) is 82.0 Å². The van der Waals surface area contributed by atoms with Crippen LogP contribution in [0.5, 0.6) is 5.75 Å². The molecular weight excluding hydrogens is 426 g/mol. The summed E-state index contributed by atoms with van der Waals surface area (Å²) in [5.41, 5.74) is 2.50. The minimum atomic E-state index is -0.533. The molecule has 0 saturated heterocycles. The molecule has 0 bridgehead atoms. The highest BCUT2D eigenvalue weighted by Gasteiger charge is 2.42. The van der Waals surface area contributed by atoms with Crippen molar-refractivity contribution in [3.8, 4) is 5.75 Å². The SMILES string of the molecule is COc1ccc(CCN2C(=O)c3oc4ccccc4c(=O)c3C2c2ccc(Cl)cc2)cc1. The molecule has 1 unspecified atom stereocenters. The molecule has 32 heavy (non-hydrogen) atoms. The van der Waals surface area contributed by atoms with E-state index in [1.807, 2.05) is 36.4 Å². The van der Waals surface area contributed by atoms with Crippen LogP contribution in [-0.2, 0) is 6.42 Å². The zero-order chi connectivity index (χ0) is 22.2. The summed E-state index contributed by atoms with van der Waals surface area (Å²) in [5, 5.41) is 1.06. The van der Waals surface area contributed by atoms with Crippen LogP contribution in [0.2, 0.25) is 5.02 Å². The van der Waals surface area contributed by atoms with E-state index in [4.69, 9.17) is 20.8 Å². The molecule has 0 radical (unpaired) electrons. The molecule has 1 aliphatic heterocycles. The molecule has 0 aliphatic carbocycles. The molecule has 0 saturated carbocycles. The summed E-state index contributed by atoms with van der Waals surface area (Å²) in [4.78, 5) is 28.6. The Labute approximate surface area is 189 Å². The van der Waals surface area contributed by atoms with Gasteiger partial charge in [0.1, 0.15) is 11.3 Å². The van der Waals surface area contributed by atoms with Crippen LogP contribution in [0.25, 0.3) is 11.0 Å². The van der Waals surface area contributed by atoms with Gasteiger partial charge in [-0.25, -0.2) is 0 Å². The average Bonchev–Trinajstić information content (AvgIpc) is 3.10. The molecule has 4 aromatic rings. The molecule has 0 spiro atoms. The van der Waals surface area contributed by atoms with Crippen molar-refractivity contribution < 1.29 is 13.9 Å². The number of hydrogen-bond donors (Lipinski definition) is 0. The van der Waals surface area contributed by atoms with E-state index in [9.17, 15) is 9.59 Å². The predicted octanol–water partition coefficient (Wildman–Crippen LogP) is 5.24. The number of rotatable bonds is 5. The molecule has 5 rings (SSSR count). The highest BCUT2D eigenvalue weighted by atomic mass is 35.5. The van der Waals surface area contributed by atoms with E-state index in [2.05, 4.69) is 0 Å². The summed E-state index contributed by atoms with van der Waals surface area (Å²) < 4.78 is 11.2. The summed E-state index contributed by atoms with van der Waals surface area (Å²) in [5.74, 6) is 0.610. The van der Waals surface area contributed by atoms with Gasteiger partial charge >= 0.3 is 0 Å². The molecule has 1 atom stereocenters. The third-order valence-electron chi connectivity index (χ3n) is 5.86. The molecule has 1 aromatic heterocycles. The summed E-state index contributed by atoms with van der Waals surface area (Å²) in [6, 6.07) is 21.5. The van der Waals surface area contributed by atoms with E-state index < -0.39 is 6.04 Å². The Balaban J connectivity index is 1.58. The Morgan fingerprint density at radius 2 is 1.69 bits per heavy atom. The van der Waals surface area contributed by atoms with E-state index in [1.54, 1.807) is 48.4 Å². The molecule has 160 valence electrons. The van der Waals surface area contributed by atoms with Crippen molar-refractivity contribution in [2.24, 2.45) is 0 Å². The Bertz CT molecular complexity index is 1360. The second-order valence-corrected chi connectivity index (χ2v) is 8.16. The highest BCUT2D eigenvalue weighted by Crippen LogP contribution is 2.38. The van der Waals surface area contributed by atoms with Crippen LogP contribution in [0.1, 0.15) is 33.3 Å². The monoisotopic (exact) mass is 445 g/mol. The number of benzene rings is 3. The number of carbonyl (C=O) groups is 1. The predicted molar refractivity (Wildman–Crippen MR) is 124 cm³/mol. The number of fused-ring (bicyclic) bond motifs is 2. The largest absolute Gasteiger partial charge is 0.497 e. The topological polar surface area (TPSA) is 59.8 Å². The van der Waals surface area contributed by atoms with Crippen molar-refractivity contribution >= 4 is 28.5 Å². The molecule has 1 aliphatic rings. The van der Waals surface area contributed by atoms with Crippen molar-refractivity contribution in [2.75, 3.05) is 13.7 Å². The van der Waals surface area contributed by atoms with Crippen LogP contribution < -0.4 is 10.2 Å². The summed E-state index contributed by atoms with van der Waals surface area (Å²) in [7, 11) is 1.62. The molecule has 6 heteroatoms. The van der Waals surface area contributed by atoms with Crippen LogP contribution >= 0.6 is 11.6 Å². The second kappa shape index (κ2) is 8.17. The van der Waals surface area contributed by atoms with E-state index in [0.717, 1.165) is 16.9 Å². The third-order valence-corrected chi connectivity index (χ3v) is 6.11. The first-order valence-corrected chi connectivity index (χ1v) is 10.7. The van der Waals surface area contributed by atoms with Crippen molar-refractivity contribution in [1.82, 2.24) is 4.90 Å². The fraction of sp³-hybridized carbons (Fsp3) is 0.154. The normalized spacial score (nSPS) is 15.2. The lowest BCUT2D eigenvalue weighted by Crippen LogP contribution is -2.31. The molecule has 3 aromatic carbocycles. The second-order valence-electron chi connectivity index (χ2n) is 7.72. The van der Waals surface area contributed by atoms with Gasteiger partial charge in [-0.1, -0.05) is 48.0 Å². The van der Waals surface area contributed by atoms with Crippen LogP contribution in [-0.4, -0.2) is 24.5 Å². The van der Waals surface area contributed by atoms with Crippen molar-refractivity contribution in [3.05, 3.63) is 110 Å². The summed E-state index contributed by atoms with van der Waals surface area (Å²) >= 11 is 6.09. The maximum absolute atomic E-state index is 13.4. The lowest BCUT2D eigenvalue weighted by Gasteiger charge is -2.25. The molecule has 0 fully saturated rings. The highest BCUT2D eigenvalue weighted by molar-refractivity contribution is 6.30. The minimum Gasteiger partial charge on any atom is -0.497 e. The molecular formula is C26H20ClNO4. The maximum atomic E-state index is 13.4. The van der Waals surface area contributed by atoms with E-state index in [1.165, 1.54) is 0 Å². The van der Waals surface area contributed by atoms with Crippen LogP contribution in [0.4, 0.5) is 0 Å². The van der Waals surface area contributed by atoms with Gasteiger partial charge in [0.25, 0.3) is 5.91 Å². The fourth-order valence-electron chi connectivity index (χ4n) is 4.23. The van der Waals surface area contributed by atoms with Gasteiger partial charge in [0.05, 0.1) is 24.1 Å². The molecule has 0 N–H and O–H groups in total. The standard InChI is InChI=1S/C26H20ClNO4/c1-31-19-12-6-16(7-13-19)14-15-28-23(17-8-10-18(27)11-9-17)22-24(29)20-4-2-3-5-21(20)32-25(22)26(28)30/h2-13,23H,14-15H2,1H3. The van der Waals surface area contributed by atoms with Crippen LogP contribution in [0.3, 0.4) is 0 Å². The minimum absolute atomic E-state index is 0.114. The first-order chi connectivity index (χ1) is 15.6. The third kappa shape index (κ3) is 3.45. The van der Waals surface area contributed by atoms with Gasteiger partial charge in [0.2, 0.25) is 5.76 Å². The number of halogens is 1. The van der Waals surface area contributed by atoms with Gasteiger partial charge < -0.3 is 14.1 Å². The Hall–Kier alpha value is -3.57. The first kappa shape index (κ1) is 20.3. The van der Waals surface area contributed by atoms with Gasteiger partial charge in [-0.05, 0) is 53.9 Å². The first-order valence-electron chi connectivity index (χ1n) is 10.3. The number of hydrogen-bond acceptors (Lipinski definition) is 4. The Kier molecular flexibility index (Phi) is 5.19. The van der Waals surface area contributed by atoms with Crippen molar-refractivity contribution in [2.45, 2.75) is 12.5 Å². The summed E-state index contributed by atoms with van der Waals surface area (Å²) in [6.45, 7) is 0.429. The maximum Gasteiger partial charge on any atom is 0.290 e. The number of amides is 1. The number of nitrogens with zero attached hydrogens (tertiary/aromatic N) is 1. The van der Waals surface area contributed by atoms with Gasteiger partial charge in [0.15, 0.2) is 5.43 Å². The Morgan fingerprint density at radius 1 is 0.969 bits per heavy atom. The zero-order valence-electron chi connectivity index (χ0n) is 17.4. The van der Waals surface area contributed by atoms with Gasteiger partial charge in [-0.3, -0.25) is 9.59 Å². The van der Waals surface area contributed by atoms with E-state index in [0.29, 0.717) is 34.5 Å². The number of carbonyl (C=O) groups excluding carboxylic acids is 1.